The summed E-state index contributed by atoms with van der Waals surface area (Å²) < 4.78 is 0. The second kappa shape index (κ2) is 8.11. The van der Waals surface area contributed by atoms with Gasteiger partial charge in [0, 0.05) is 17.2 Å². The number of pyridine rings is 1. The summed E-state index contributed by atoms with van der Waals surface area (Å²) in [7, 11) is 0. The van der Waals surface area contributed by atoms with Crippen LogP contribution in [0.1, 0.15) is 28.0 Å². The molecule has 1 atom stereocenters. The van der Waals surface area contributed by atoms with Gasteiger partial charge in [-0.25, -0.2) is 0 Å². The molecule has 3 aromatic rings. The molecule has 29 heavy (non-hydrogen) atoms. The summed E-state index contributed by atoms with van der Waals surface area (Å²) in [4.78, 5) is 17.2. The van der Waals surface area contributed by atoms with E-state index in [2.05, 4.69) is 17.1 Å². The van der Waals surface area contributed by atoms with Gasteiger partial charge in [0.1, 0.15) is 5.75 Å². The SMILES string of the molecule is O=C(/C=C/C1(c2ccc(O)cc2)C=CC=C(c2ccccn2)C1)c1ccccc1. The Hall–Kier alpha value is -3.72. The van der Waals surface area contributed by atoms with Crippen LogP contribution in [0, 0.1) is 0 Å². The molecule has 1 heterocycles. The minimum Gasteiger partial charge on any atom is -0.508 e. The molecule has 1 aliphatic rings. The van der Waals surface area contributed by atoms with E-state index in [1.54, 1.807) is 24.4 Å². The Morgan fingerprint density at radius 2 is 1.72 bits per heavy atom. The van der Waals surface area contributed by atoms with Crippen molar-refractivity contribution in [1.29, 1.82) is 0 Å². The molecule has 0 saturated carbocycles. The van der Waals surface area contributed by atoms with E-state index in [-0.39, 0.29) is 11.5 Å². The van der Waals surface area contributed by atoms with E-state index in [1.807, 2.05) is 72.8 Å². The van der Waals surface area contributed by atoms with E-state index in [0.717, 1.165) is 16.8 Å². The third-order valence-corrected chi connectivity index (χ3v) is 5.16. The fraction of sp³-hybridized carbons (Fsp3) is 0.0769. The number of benzene rings is 2. The topological polar surface area (TPSA) is 50.2 Å². The summed E-state index contributed by atoms with van der Waals surface area (Å²) in [6.45, 7) is 0. The molecular weight excluding hydrogens is 358 g/mol. The Bertz CT molecular complexity index is 1080. The highest BCUT2D eigenvalue weighted by Crippen LogP contribution is 2.40. The van der Waals surface area contributed by atoms with Crippen molar-refractivity contribution in [2.24, 2.45) is 0 Å². The summed E-state index contributed by atoms with van der Waals surface area (Å²) in [5.41, 5.74) is 3.18. The zero-order valence-electron chi connectivity index (χ0n) is 15.9. The van der Waals surface area contributed by atoms with Crippen molar-refractivity contribution in [3.05, 3.63) is 126 Å². The van der Waals surface area contributed by atoms with E-state index < -0.39 is 5.41 Å². The van der Waals surface area contributed by atoms with E-state index in [9.17, 15) is 9.90 Å². The molecule has 2 aromatic carbocycles. The maximum absolute atomic E-state index is 12.7. The van der Waals surface area contributed by atoms with Crippen LogP contribution in [0.5, 0.6) is 5.75 Å². The van der Waals surface area contributed by atoms with Gasteiger partial charge in [0.2, 0.25) is 0 Å². The maximum atomic E-state index is 12.7. The van der Waals surface area contributed by atoms with Gasteiger partial charge in [-0.15, -0.1) is 0 Å². The van der Waals surface area contributed by atoms with Crippen LogP contribution < -0.4 is 0 Å². The van der Waals surface area contributed by atoms with Crippen LogP contribution in [0.2, 0.25) is 0 Å². The number of nitrogens with zero attached hydrogens (tertiary/aromatic N) is 1. The Balaban J connectivity index is 1.72. The molecule has 0 spiro atoms. The van der Waals surface area contributed by atoms with Crippen molar-refractivity contribution in [3.8, 4) is 5.75 Å². The van der Waals surface area contributed by atoms with Gasteiger partial charge in [0.05, 0.1) is 5.69 Å². The highest BCUT2D eigenvalue weighted by Gasteiger charge is 2.30. The molecular formula is C26H21NO2. The smallest absolute Gasteiger partial charge is 0.185 e. The predicted octanol–water partition coefficient (Wildman–Crippen LogP) is 5.51. The molecule has 1 aliphatic carbocycles. The largest absolute Gasteiger partial charge is 0.508 e. The van der Waals surface area contributed by atoms with Crippen LogP contribution in [0.4, 0.5) is 0 Å². The number of allylic oxidation sites excluding steroid dienone is 6. The Kier molecular flexibility index (Phi) is 5.21. The Morgan fingerprint density at radius 1 is 0.966 bits per heavy atom. The molecule has 0 aliphatic heterocycles. The molecule has 0 radical (unpaired) electrons. The zero-order valence-corrected chi connectivity index (χ0v) is 15.9. The minimum absolute atomic E-state index is 0.0360. The number of rotatable bonds is 5. The molecule has 1 aromatic heterocycles. The van der Waals surface area contributed by atoms with Crippen molar-refractivity contribution in [1.82, 2.24) is 4.98 Å². The van der Waals surface area contributed by atoms with Crippen LogP contribution in [-0.2, 0) is 5.41 Å². The van der Waals surface area contributed by atoms with Crippen molar-refractivity contribution >= 4 is 11.4 Å². The van der Waals surface area contributed by atoms with Crippen LogP contribution >= 0.6 is 0 Å². The van der Waals surface area contributed by atoms with Crippen molar-refractivity contribution in [3.63, 3.8) is 0 Å². The van der Waals surface area contributed by atoms with Gasteiger partial charge >= 0.3 is 0 Å². The fourth-order valence-corrected chi connectivity index (χ4v) is 3.60. The Morgan fingerprint density at radius 3 is 2.45 bits per heavy atom. The van der Waals surface area contributed by atoms with Gasteiger partial charge in [0.15, 0.2) is 5.78 Å². The number of ketones is 1. The third-order valence-electron chi connectivity index (χ3n) is 5.16. The lowest BCUT2D eigenvalue weighted by Gasteiger charge is -2.31. The van der Waals surface area contributed by atoms with Crippen molar-refractivity contribution in [2.75, 3.05) is 0 Å². The van der Waals surface area contributed by atoms with Crippen molar-refractivity contribution < 1.29 is 9.90 Å². The third kappa shape index (κ3) is 4.09. The monoisotopic (exact) mass is 379 g/mol. The van der Waals surface area contributed by atoms with Gasteiger partial charge in [0.25, 0.3) is 0 Å². The maximum Gasteiger partial charge on any atom is 0.185 e. The van der Waals surface area contributed by atoms with Crippen molar-refractivity contribution in [2.45, 2.75) is 11.8 Å². The first kappa shape index (κ1) is 18.6. The number of aromatic hydroxyl groups is 1. The van der Waals surface area contributed by atoms with Crippen LogP contribution in [0.15, 0.2) is 109 Å². The fourth-order valence-electron chi connectivity index (χ4n) is 3.60. The lowest BCUT2D eigenvalue weighted by molar-refractivity contribution is 0.104. The summed E-state index contributed by atoms with van der Waals surface area (Å²) in [5, 5.41) is 9.72. The van der Waals surface area contributed by atoms with Gasteiger partial charge in [-0.3, -0.25) is 9.78 Å². The van der Waals surface area contributed by atoms with Crippen LogP contribution in [0.3, 0.4) is 0 Å². The summed E-state index contributed by atoms with van der Waals surface area (Å²) in [6.07, 6.45) is 12.2. The molecule has 3 heteroatoms. The number of aromatic nitrogens is 1. The minimum atomic E-state index is -0.500. The molecule has 0 saturated heterocycles. The molecule has 0 amide bonds. The van der Waals surface area contributed by atoms with Gasteiger partial charge in [-0.05, 0) is 47.9 Å². The molecule has 1 unspecified atom stereocenters. The number of hydrogen-bond donors (Lipinski definition) is 1. The zero-order chi connectivity index (χ0) is 20.1. The van der Waals surface area contributed by atoms with Gasteiger partial charge < -0.3 is 5.11 Å². The van der Waals surface area contributed by atoms with Crippen LogP contribution in [-0.4, -0.2) is 15.9 Å². The number of phenols is 1. The summed E-state index contributed by atoms with van der Waals surface area (Å²) >= 11 is 0. The average molecular weight is 379 g/mol. The first-order chi connectivity index (χ1) is 14.2. The standard InChI is InChI=1S/C26H21NO2/c28-23-13-11-22(12-14-23)26(17-15-25(29)20-7-2-1-3-8-20)16-6-9-21(19-26)24-10-4-5-18-27-24/h1-18,28H,19H2/b17-15+. The number of hydrogen-bond acceptors (Lipinski definition) is 3. The van der Waals surface area contributed by atoms with Crippen LogP contribution in [0.25, 0.3) is 5.57 Å². The average Bonchev–Trinajstić information content (AvgIpc) is 2.79. The Labute approximate surface area is 170 Å². The van der Waals surface area contributed by atoms with E-state index in [0.29, 0.717) is 12.0 Å². The second-order valence-corrected chi connectivity index (χ2v) is 7.09. The summed E-state index contributed by atoms with van der Waals surface area (Å²) in [5.74, 6) is 0.180. The van der Waals surface area contributed by atoms with E-state index in [4.69, 9.17) is 0 Å². The lowest BCUT2D eigenvalue weighted by Crippen LogP contribution is -2.23. The predicted molar refractivity (Wildman–Crippen MR) is 116 cm³/mol. The molecule has 1 N–H and O–H groups in total. The molecule has 3 nitrogen and oxygen atoms in total. The molecule has 4 rings (SSSR count). The number of phenolic OH excluding ortho intramolecular Hbond substituents is 1. The lowest BCUT2D eigenvalue weighted by atomic mass is 9.72. The quantitative estimate of drug-likeness (QED) is 0.470. The normalized spacial score (nSPS) is 18.6. The van der Waals surface area contributed by atoms with E-state index >= 15 is 0 Å². The molecule has 142 valence electrons. The number of carbonyl (C=O) groups excluding carboxylic acids is 1. The van der Waals surface area contributed by atoms with Gasteiger partial charge in [-0.1, -0.05) is 72.8 Å². The summed E-state index contributed by atoms with van der Waals surface area (Å²) in [6, 6.07) is 22.3. The second-order valence-electron chi connectivity index (χ2n) is 7.09. The molecule has 0 fully saturated rings. The first-order valence-electron chi connectivity index (χ1n) is 9.54. The first-order valence-corrected chi connectivity index (χ1v) is 9.54. The molecule has 0 bridgehead atoms. The van der Waals surface area contributed by atoms with Gasteiger partial charge in [-0.2, -0.15) is 0 Å². The van der Waals surface area contributed by atoms with E-state index in [1.165, 1.54) is 0 Å². The highest BCUT2D eigenvalue weighted by molar-refractivity contribution is 6.04. The number of carbonyl (C=O) groups is 1. The highest BCUT2D eigenvalue weighted by atomic mass is 16.3.